The highest BCUT2D eigenvalue weighted by molar-refractivity contribution is 5.76. The Hall–Kier alpha value is -0.630. The van der Waals surface area contributed by atoms with E-state index in [0.717, 1.165) is 17.6 Å². The Bertz CT molecular complexity index is 245. The van der Waals surface area contributed by atoms with Crippen LogP contribution in [-0.2, 0) is 4.79 Å². The zero-order chi connectivity index (χ0) is 11.3. The molecule has 0 aromatic carbocycles. The molecule has 15 heavy (non-hydrogen) atoms. The lowest BCUT2D eigenvalue weighted by Crippen LogP contribution is -2.54. The number of rotatable bonds is 4. The first-order valence-corrected chi connectivity index (χ1v) is 6.02. The van der Waals surface area contributed by atoms with Gasteiger partial charge in [0.1, 0.15) is 6.54 Å². The van der Waals surface area contributed by atoms with Gasteiger partial charge in [0.2, 0.25) is 0 Å². The summed E-state index contributed by atoms with van der Waals surface area (Å²) in [4.78, 5) is 11.3. The van der Waals surface area contributed by atoms with Crippen molar-refractivity contribution >= 4 is 5.78 Å². The molecule has 0 N–H and O–H groups in total. The number of hydrogen-bond donors (Lipinski definition) is 0. The third kappa shape index (κ3) is 4.17. The van der Waals surface area contributed by atoms with Gasteiger partial charge in [-0.25, -0.2) is 0 Å². The van der Waals surface area contributed by atoms with Crippen LogP contribution in [0.15, 0.2) is 11.6 Å². The Morgan fingerprint density at radius 2 is 1.73 bits per heavy atom. The first kappa shape index (κ1) is 12.4. The molecule has 2 nitrogen and oxygen atoms in total. The van der Waals surface area contributed by atoms with Gasteiger partial charge in [0.05, 0.1) is 19.6 Å². The van der Waals surface area contributed by atoms with Crippen LogP contribution in [0.2, 0.25) is 0 Å². The Morgan fingerprint density at radius 3 is 2.20 bits per heavy atom. The second-order valence-electron chi connectivity index (χ2n) is 5.17. The van der Waals surface area contributed by atoms with E-state index in [0.29, 0.717) is 5.78 Å². The summed E-state index contributed by atoms with van der Waals surface area (Å²) in [7, 11) is 0. The maximum Gasteiger partial charge on any atom is 0.183 e. The summed E-state index contributed by atoms with van der Waals surface area (Å²) in [6.45, 7) is 10.1. The van der Waals surface area contributed by atoms with Gasteiger partial charge in [-0.3, -0.25) is 4.79 Å². The van der Waals surface area contributed by atoms with Gasteiger partial charge in [0.15, 0.2) is 5.78 Å². The van der Waals surface area contributed by atoms with Gasteiger partial charge in [0.25, 0.3) is 0 Å². The molecule has 0 atom stereocenters. The van der Waals surface area contributed by atoms with E-state index in [4.69, 9.17) is 0 Å². The molecule has 2 heteroatoms. The molecule has 1 aliphatic rings. The summed E-state index contributed by atoms with van der Waals surface area (Å²) < 4.78 is 1.00. The van der Waals surface area contributed by atoms with Gasteiger partial charge in [-0.05, 0) is 39.2 Å². The van der Waals surface area contributed by atoms with Gasteiger partial charge in [-0.2, -0.15) is 0 Å². The van der Waals surface area contributed by atoms with E-state index in [-0.39, 0.29) is 0 Å². The Kier molecular flexibility index (Phi) is 4.52. The zero-order valence-corrected chi connectivity index (χ0v) is 10.4. The molecular weight excluding hydrogens is 186 g/mol. The van der Waals surface area contributed by atoms with Gasteiger partial charge in [-0.15, -0.1) is 0 Å². The molecule has 1 heterocycles. The van der Waals surface area contributed by atoms with Crippen molar-refractivity contribution < 1.29 is 9.28 Å². The van der Waals surface area contributed by atoms with Crippen LogP contribution in [0, 0.1) is 0 Å². The van der Waals surface area contributed by atoms with Crippen LogP contribution in [0.1, 0.15) is 40.0 Å². The molecule has 86 valence electrons. The number of piperidine rings is 1. The summed E-state index contributed by atoms with van der Waals surface area (Å²) in [5.74, 6) is 0.332. The molecular formula is C13H24NO+. The van der Waals surface area contributed by atoms with Crippen molar-refractivity contribution in [2.45, 2.75) is 40.0 Å². The highest BCUT2D eigenvalue weighted by Gasteiger charge is 2.29. The highest BCUT2D eigenvalue weighted by atomic mass is 16.1. The number of ketones is 1. The minimum atomic E-state index is 0.332. The molecule has 0 aromatic heterocycles. The number of Topliss-reactive ketones (excluding diaryl/α,β-unsaturated/α-hetero) is 1. The lowest BCUT2D eigenvalue weighted by Gasteiger charge is -2.40. The van der Waals surface area contributed by atoms with Gasteiger partial charge in [-0.1, -0.05) is 5.57 Å². The minimum absolute atomic E-state index is 0.332. The van der Waals surface area contributed by atoms with E-state index in [9.17, 15) is 4.79 Å². The smallest absolute Gasteiger partial charge is 0.183 e. The topological polar surface area (TPSA) is 17.1 Å². The molecule has 0 aliphatic carbocycles. The Morgan fingerprint density at radius 1 is 1.13 bits per heavy atom. The summed E-state index contributed by atoms with van der Waals surface area (Å²) in [6.07, 6.45) is 6.19. The summed E-state index contributed by atoms with van der Waals surface area (Å²) in [5, 5.41) is 0. The number of quaternary nitrogens is 1. The van der Waals surface area contributed by atoms with Crippen LogP contribution in [0.5, 0.6) is 0 Å². The average molecular weight is 210 g/mol. The van der Waals surface area contributed by atoms with Crippen molar-refractivity contribution in [1.29, 1.82) is 0 Å². The van der Waals surface area contributed by atoms with E-state index in [2.05, 4.69) is 19.9 Å². The first-order chi connectivity index (χ1) is 7.04. The second kappa shape index (κ2) is 5.45. The minimum Gasteiger partial charge on any atom is -0.314 e. The average Bonchev–Trinajstić information content (AvgIpc) is 2.15. The maximum absolute atomic E-state index is 11.3. The molecule has 0 unspecified atom stereocenters. The number of likely N-dealkylation sites (tertiary alicyclic amines) is 1. The van der Waals surface area contributed by atoms with Crippen LogP contribution < -0.4 is 0 Å². The van der Waals surface area contributed by atoms with E-state index < -0.39 is 0 Å². The zero-order valence-electron chi connectivity index (χ0n) is 10.4. The Labute approximate surface area is 93.6 Å². The van der Waals surface area contributed by atoms with Crippen molar-refractivity contribution in [2.75, 3.05) is 26.2 Å². The molecule has 0 radical (unpaired) electrons. The van der Waals surface area contributed by atoms with Crippen LogP contribution in [0.25, 0.3) is 0 Å². The van der Waals surface area contributed by atoms with Crippen molar-refractivity contribution in [3.8, 4) is 0 Å². The number of carbonyl (C=O) groups excluding carboxylic acids is 1. The van der Waals surface area contributed by atoms with Crippen molar-refractivity contribution in [3.63, 3.8) is 0 Å². The fourth-order valence-electron chi connectivity index (χ4n) is 2.44. The standard InChI is InChI=1S/C13H24NO/c1-12(2)7-10-14(11-13(3)15)8-5-4-6-9-14/h7H,4-6,8-11H2,1-3H3/q+1. The SMILES string of the molecule is CC(=O)C[N+]1(CC=C(C)C)CCCCC1. The van der Waals surface area contributed by atoms with Crippen LogP contribution >= 0.6 is 0 Å². The quantitative estimate of drug-likeness (QED) is 0.515. The molecule has 0 bridgehead atoms. The molecule has 0 saturated carbocycles. The van der Waals surface area contributed by atoms with Crippen LogP contribution in [0.4, 0.5) is 0 Å². The van der Waals surface area contributed by atoms with E-state index in [1.165, 1.54) is 37.9 Å². The maximum atomic E-state index is 11.3. The number of hydrogen-bond acceptors (Lipinski definition) is 1. The van der Waals surface area contributed by atoms with E-state index in [1.807, 2.05) is 0 Å². The van der Waals surface area contributed by atoms with Crippen LogP contribution in [0.3, 0.4) is 0 Å². The molecule has 1 rings (SSSR count). The predicted molar refractivity (Wildman–Crippen MR) is 63.7 cm³/mol. The number of allylic oxidation sites excluding steroid dienone is 1. The second-order valence-corrected chi connectivity index (χ2v) is 5.17. The highest BCUT2D eigenvalue weighted by Crippen LogP contribution is 2.19. The van der Waals surface area contributed by atoms with Crippen molar-refractivity contribution in [1.82, 2.24) is 0 Å². The summed E-state index contributed by atoms with van der Waals surface area (Å²) in [6, 6.07) is 0. The molecule has 1 fully saturated rings. The Balaban J connectivity index is 2.66. The monoisotopic (exact) mass is 210 g/mol. The molecule has 0 aromatic rings. The molecule has 0 amide bonds. The first-order valence-electron chi connectivity index (χ1n) is 6.02. The summed E-state index contributed by atoms with van der Waals surface area (Å²) in [5.41, 5.74) is 1.36. The lowest BCUT2D eigenvalue weighted by molar-refractivity contribution is -0.919. The fourth-order valence-corrected chi connectivity index (χ4v) is 2.44. The van der Waals surface area contributed by atoms with E-state index in [1.54, 1.807) is 6.92 Å². The van der Waals surface area contributed by atoms with Gasteiger partial charge < -0.3 is 4.48 Å². The van der Waals surface area contributed by atoms with E-state index >= 15 is 0 Å². The van der Waals surface area contributed by atoms with Gasteiger partial charge in [0, 0.05) is 6.92 Å². The molecule has 1 aliphatic heterocycles. The number of carbonyl (C=O) groups is 1. The van der Waals surface area contributed by atoms with Crippen molar-refractivity contribution in [3.05, 3.63) is 11.6 Å². The van der Waals surface area contributed by atoms with Crippen molar-refractivity contribution in [2.24, 2.45) is 0 Å². The molecule has 1 saturated heterocycles. The third-order valence-corrected chi connectivity index (χ3v) is 3.21. The normalized spacial score (nSPS) is 19.7. The third-order valence-electron chi connectivity index (χ3n) is 3.21. The fraction of sp³-hybridized carbons (Fsp3) is 0.769. The summed E-state index contributed by atoms with van der Waals surface area (Å²) >= 11 is 0. The molecule has 0 spiro atoms. The van der Waals surface area contributed by atoms with Crippen LogP contribution in [-0.4, -0.2) is 36.4 Å². The van der Waals surface area contributed by atoms with Gasteiger partial charge >= 0.3 is 0 Å². The predicted octanol–water partition coefficient (Wildman–Crippen LogP) is 2.54. The lowest BCUT2D eigenvalue weighted by atomic mass is 10.1. The largest absolute Gasteiger partial charge is 0.314 e. The number of nitrogens with zero attached hydrogens (tertiary/aromatic N) is 1.